The standard InChI is InChI=1S/C22H30F3N3O3/c1-31-15-10-26-20(29)19(16-4-2-3-5-16)27-11-13-28(14-12-27)21(30)17-6-8-18(9-7-17)22(23,24)25/h6-9,16,19H,2-5,10-15H2,1H3,(H,26,29). The Hall–Kier alpha value is -2.13. The molecule has 1 unspecified atom stereocenters. The van der Waals surface area contributed by atoms with Crippen LogP contribution in [0.25, 0.3) is 0 Å². The molecule has 2 aliphatic rings. The molecule has 1 aromatic rings. The van der Waals surface area contributed by atoms with Crippen LogP contribution in [-0.2, 0) is 15.7 Å². The van der Waals surface area contributed by atoms with Crippen molar-refractivity contribution in [2.45, 2.75) is 37.9 Å². The maximum atomic E-state index is 12.9. The molecule has 2 fully saturated rings. The summed E-state index contributed by atoms with van der Waals surface area (Å²) >= 11 is 0. The van der Waals surface area contributed by atoms with E-state index in [2.05, 4.69) is 10.2 Å². The zero-order valence-corrected chi connectivity index (χ0v) is 17.8. The number of hydrogen-bond acceptors (Lipinski definition) is 4. The molecule has 1 saturated heterocycles. The lowest BCUT2D eigenvalue weighted by atomic mass is 9.95. The summed E-state index contributed by atoms with van der Waals surface area (Å²) < 4.78 is 43.3. The molecule has 0 radical (unpaired) electrons. The Morgan fingerprint density at radius 1 is 1.10 bits per heavy atom. The van der Waals surface area contributed by atoms with Crippen molar-refractivity contribution in [2.24, 2.45) is 5.92 Å². The Labute approximate surface area is 180 Å². The Morgan fingerprint density at radius 2 is 1.71 bits per heavy atom. The average molecular weight is 441 g/mol. The Balaban J connectivity index is 1.60. The lowest BCUT2D eigenvalue weighted by molar-refractivity contribution is -0.137. The van der Waals surface area contributed by atoms with Gasteiger partial charge in [-0.2, -0.15) is 13.2 Å². The van der Waals surface area contributed by atoms with Crippen LogP contribution in [0.4, 0.5) is 13.2 Å². The fraction of sp³-hybridized carbons (Fsp3) is 0.636. The van der Waals surface area contributed by atoms with Gasteiger partial charge in [-0.1, -0.05) is 12.8 Å². The van der Waals surface area contributed by atoms with E-state index < -0.39 is 11.7 Å². The molecule has 0 aromatic heterocycles. The molecule has 1 atom stereocenters. The molecular formula is C22H30F3N3O3. The summed E-state index contributed by atoms with van der Waals surface area (Å²) in [7, 11) is 1.59. The number of carbonyl (C=O) groups is 2. The van der Waals surface area contributed by atoms with Gasteiger partial charge in [0.25, 0.3) is 5.91 Å². The number of amides is 2. The van der Waals surface area contributed by atoms with Gasteiger partial charge in [0.1, 0.15) is 0 Å². The summed E-state index contributed by atoms with van der Waals surface area (Å²) in [6.45, 7) is 2.92. The van der Waals surface area contributed by atoms with E-state index in [-0.39, 0.29) is 23.4 Å². The molecule has 1 aliphatic carbocycles. The van der Waals surface area contributed by atoms with Crippen LogP contribution in [0, 0.1) is 5.92 Å². The molecule has 0 spiro atoms. The van der Waals surface area contributed by atoms with Gasteiger partial charge in [0.05, 0.1) is 18.2 Å². The van der Waals surface area contributed by atoms with Gasteiger partial charge in [-0.15, -0.1) is 0 Å². The maximum Gasteiger partial charge on any atom is 0.416 e. The molecule has 1 N–H and O–H groups in total. The van der Waals surface area contributed by atoms with Crippen LogP contribution in [-0.4, -0.2) is 74.1 Å². The molecule has 172 valence electrons. The summed E-state index contributed by atoms with van der Waals surface area (Å²) in [5, 5.41) is 2.96. The van der Waals surface area contributed by atoms with Crippen LogP contribution < -0.4 is 5.32 Å². The predicted molar refractivity (Wildman–Crippen MR) is 110 cm³/mol. The summed E-state index contributed by atoms with van der Waals surface area (Å²) in [6, 6.07) is 4.10. The van der Waals surface area contributed by atoms with Gasteiger partial charge in [-0.3, -0.25) is 14.5 Å². The third kappa shape index (κ3) is 5.98. The fourth-order valence-corrected chi connectivity index (χ4v) is 4.52. The summed E-state index contributed by atoms with van der Waals surface area (Å²) in [4.78, 5) is 29.4. The Morgan fingerprint density at radius 3 is 2.26 bits per heavy atom. The van der Waals surface area contributed by atoms with E-state index in [4.69, 9.17) is 4.74 Å². The van der Waals surface area contributed by atoms with Gasteiger partial charge in [0, 0.05) is 45.4 Å². The number of benzene rings is 1. The van der Waals surface area contributed by atoms with E-state index in [1.165, 1.54) is 12.1 Å². The molecular weight excluding hydrogens is 411 g/mol. The van der Waals surface area contributed by atoms with E-state index in [0.717, 1.165) is 37.8 Å². The smallest absolute Gasteiger partial charge is 0.383 e. The van der Waals surface area contributed by atoms with Crippen molar-refractivity contribution < 1.29 is 27.5 Å². The van der Waals surface area contributed by atoms with Gasteiger partial charge in [-0.25, -0.2) is 0 Å². The van der Waals surface area contributed by atoms with Crippen molar-refractivity contribution in [3.05, 3.63) is 35.4 Å². The fourth-order valence-electron chi connectivity index (χ4n) is 4.52. The second-order valence-corrected chi connectivity index (χ2v) is 8.18. The number of alkyl halides is 3. The highest BCUT2D eigenvalue weighted by Crippen LogP contribution is 2.32. The topological polar surface area (TPSA) is 61.9 Å². The first-order valence-corrected chi connectivity index (χ1v) is 10.8. The lowest BCUT2D eigenvalue weighted by Crippen LogP contribution is -2.58. The molecule has 1 saturated carbocycles. The van der Waals surface area contributed by atoms with E-state index in [1.54, 1.807) is 12.0 Å². The molecule has 3 rings (SSSR count). The molecule has 31 heavy (non-hydrogen) atoms. The summed E-state index contributed by atoms with van der Waals surface area (Å²) in [5.74, 6) is 0.0292. The number of carbonyl (C=O) groups excluding carboxylic acids is 2. The first kappa shape index (κ1) is 23.5. The minimum Gasteiger partial charge on any atom is -0.383 e. The normalized spacial score (nSPS) is 19.4. The van der Waals surface area contributed by atoms with Crippen molar-refractivity contribution in [1.29, 1.82) is 0 Å². The van der Waals surface area contributed by atoms with Crippen LogP contribution in [0.15, 0.2) is 24.3 Å². The first-order valence-electron chi connectivity index (χ1n) is 10.8. The number of halogens is 3. The number of rotatable bonds is 7. The molecule has 1 aliphatic heterocycles. The summed E-state index contributed by atoms with van der Waals surface area (Å²) in [5.41, 5.74) is -0.529. The van der Waals surface area contributed by atoms with Gasteiger partial charge < -0.3 is 15.0 Å². The van der Waals surface area contributed by atoms with Crippen molar-refractivity contribution in [1.82, 2.24) is 15.1 Å². The molecule has 6 nitrogen and oxygen atoms in total. The minimum atomic E-state index is -4.42. The number of nitrogens with zero attached hydrogens (tertiary/aromatic N) is 2. The number of ether oxygens (including phenoxy) is 1. The third-order valence-corrected chi connectivity index (χ3v) is 6.17. The molecule has 2 amide bonds. The van der Waals surface area contributed by atoms with E-state index in [9.17, 15) is 22.8 Å². The Bertz CT molecular complexity index is 741. The van der Waals surface area contributed by atoms with Crippen molar-refractivity contribution in [3.8, 4) is 0 Å². The zero-order chi connectivity index (χ0) is 22.4. The van der Waals surface area contributed by atoms with E-state index >= 15 is 0 Å². The highest BCUT2D eigenvalue weighted by Gasteiger charge is 2.37. The average Bonchev–Trinajstić information content (AvgIpc) is 3.28. The second kappa shape index (κ2) is 10.5. The number of nitrogens with one attached hydrogen (secondary N) is 1. The Kier molecular flexibility index (Phi) is 7.94. The highest BCUT2D eigenvalue weighted by molar-refractivity contribution is 5.94. The van der Waals surface area contributed by atoms with E-state index in [0.29, 0.717) is 45.2 Å². The SMILES string of the molecule is COCCNC(=O)C(C1CCCC1)N1CCN(C(=O)c2ccc(C(F)(F)F)cc2)CC1. The van der Waals surface area contributed by atoms with Crippen LogP contribution in [0.1, 0.15) is 41.6 Å². The van der Waals surface area contributed by atoms with Gasteiger partial charge in [0.15, 0.2) is 0 Å². The van der Waals surface area contributed by atoms with E-state index in [1.807, 2.05) is 0 Å². The molecule has 1 aromatic carbocycles. The van der Waals surface area contributed by atoms with Crippen LogP contribution >= 0.6 is 0 Å². The number of piperazine rings is 1. The van der Waals surface area contributed by atoms with Crippen LogP contribution in [0.3, 0.4) is 0 Å². The van der Waals surface area contributed by atoms with Gasteiger partial charge in [0.2, 0.25) is 5.91 Å². The van der Waals surface area contributed by atoms with Gasteiger partial charge >= 0.3 is 6.18 Å². The third-order valence-electron chi connectivity index (χ3n) is 6.17. The number of methoxy groups -OCH3 is 1. The van der Waals surface area contributed by atoms with Crippen molar-refractivity contribution >= 4 is 11.8 Å². The quantitative estimate of drug-likeness (QED) is 0.661. The van der Waals surface area contributed by atoms with Crippen LogP contribution in [0.2, 0.25) is 0 Å². The monoisotopic (exact) mass is 441 g/mol. The zero-order valence-electron chi connectivity index (χ0n) is 17.8. The maximum absolute atomic E-state index is 12.9. The number of hydrogen-bond donors (Lipinski definition) is 1. The van der Waals surface area contributed by atoms with Gasteiger partial charge in [-0.05, 0) is 43.0 Å². The van der Waals surface area contributed by atoms with Crippen LogP contribution in [0.5, 0.6) is 0 Å². The van der Waals surface area contributed by atoms with Crippen molar-refractivity contribution in [3.63, 3.8) is 0 Å². The molecule has 1 heterocycles. The minimum absolute atomic E-state index is 0.00599. The predicted octanol–water partition coefficient (Wildman–Crippen LogP) is 2.78. The molecule has 9 heteroatoms. The first-order chi connectivity index (χ1) is 14.8. The second-order valence-electron chi connectivity index (χ2n) is 8.18. The molecule has 0 bridgehead atoms. The van der Waals surface area contributed by atoms with Crippen molar-refractivity contribution in [2.75, 3.05) is 46.4 Å². The lowest BCUT2D eigenvalue weighted by Gasteiger charge is -2.40. The summed E-state index contributed by atoms with van der Waals surface area (Å²) in [6.07, 6.45) is -0.135. The largest absolute Gasteiger partial charge is 0.416 e. The highest BCUT2D eigenvalue weighted by atomic mass is 19.4.